The van der Waals surface area contributed by atoms with Crippen LogP contribution in [0.25, 0.3) is 10.9 Å². The fourth-order valence-corrected chi connectivity index (χ4v) is 3.89. The molecule has 0 saturated heterocycles. The summed E-state index contributed by atoms with van der Waals surface area (Å²) in [6.07, 6.45) is 1.33. The summed E-state index contributed by atoms with van der Waals surface area (Å²) < 4.78 is 45.3. The molecular formula is C17H16FNO3S. The lowest BCUT2D eigenvalue weighted by atomic mass is 10.2. The molecule has 0 N–H and O–H groups in total. The van der Waals surface area contributed by atoms with Crippen LogP contribution in [0.3, 0.4) is 0 Å². The SMILES string of the molecule is COc1ccc2c(c1)c(CF)cn2S(=O)(=O)c1ccc(C)cc1. The lowest BCUT2D eigenvalue weighted by Crippen LogP contribution is -2.11. The van der Waals surface area contributed by atoms with Crippen LogP contribution < -0.4 is 4.74 Å². The number of hydrogen-bond donors (Lipinski definition) is 0. The van der Waals surface area contributed by atoms with Crippen molar-refractivity contribution in [2.75, 3.05) is 7.11 Å². The number of aromatic nitrogens is 1. The largest absolute Gasteiger partial charge is 0.497 e. The van der Waals surface area contributed by atoms with Crippen molar-refractivity contribution in [3.05, 3.63) is 59.8 Å². The summed E-state index contributed by atoms with van der Waals surface area (Å²) in [6, 6.07) is 11.5. The van der Waals surface area contributed by atoms with Gasteiger partial charge in [-0.3, -0.25) is 0 Å². The Morgan fingerprint density at radius 3 is 2.43 bits per heavy atom. The molecule has 0 fully saturated rings. The highest BCUT2D eigenvalue weighted by Gasteiger charge is 2.21. The van der Waals surface area contributed by atoms with Gasteiger partial charge in [-0.25, -0.2) is 16.8 Å². The molecule has 23 heavy (non-hydrogen) atoms. The molecule has 0 radical (unpaired) electrons. The monoisotopic (exact) mass is 333 g/mol. The molecule has 120 valence electrons. The smallest absolute Gasteiger partial charge is 0.268 e. The minimum Gasteiger partial charge on any atom is -0.497 e. The highest BCUT2D eigenvalue weighted by atomic mass is 32.2. The first-order chi connectivity index (χ1) is 11.0. The van der Waals surface area contributed by atoms with Crippen molar-refractivity contribution in [1.82, 2.24) is 3.97 Å². The lowest BCUT2D eigenvalue weighted by Gasteiger charge is -2.08. The minimum absolute atomic E-state index is 0.168. The molecule has 0 amide bonds. The van der Waals surface area contributed by atoms with E-state index < -0.39 is 16.7 Å². The van der Waals surface area contributed by atoms with Crippen molar-refractivity contribution >= 4 is 20.9 Å². The summed E-state index contributed by atoms with van der Waals surface area (Å²) in [6.45, 7) is 1.13. The Balaban J connectivity index is 2.25. The number of aryl methyl sites for hydroxylation is 1. The van der Waals surface area contributed by atoms with Crippen molar-refractivity contribution in [2.24, 2.45) is 0 Å². The molecule has 1 heterocycles. The Bertz CT molecular complexity index is 959. The van der Waals surface area contributed by atoms with Crippen LogP contribution >= 0.6 is 0 Å². The van der Waals surface area contributed by atoms with Crippen LogP contribution in [0.15, 0.2) is 53.6 Å². The molecule has 4 nitrogen and oxygen atoms in total. The second-order valence-electron chi connectivity index (χ2n) is 5.28. The Hall–Kier alpha value is -2.34. The molecule has 0 aliphatic rings. The van der Waals surface area contributed by atoms with Crippen molar-refractivity contribution in [3.63, 3.8) is 0 Å². The van der Waals surface area contributed by atoms with Crippen molar-refractivity contribution in [2.45, 2.75) is 18.5 Å². The number of rotatable bonds is 4. The number of alkyl halides is 1. The molecule has 0 aliphatic heterocycles. The summed E-state index contributed by atoms with van der Waals surface area (Å²) in [5, 5.41) is 0.530. The van der Waals surface area contributed by atoms with Gasteiger partial charge < -0.3 is 4.74 Å². The van der Waals surface area contributed by atoms with E-state index in [0.29, 0.717) is 22.2 Å². The number of methoxy groups -OCH3 is 1. The number of halogens is 1. The van der Waals surface area contributed by atoms with E-state index >= 15 is 0 Å². The minimum atomic E-state index is -3.78. The van der Waals surface area contributed by atoms with E-state index in [4.69, 9.17) is 4.74 Å². The Morgan fingerprint density at radius 2 is 1.83 bits per heavy atom. The van der Waals surface area contributed by atoms with Crippen LogP contribution in [0.4, 0.5) is 4.39 Å². The van der Waals surface area contributed by atoms with Gasteiger partial charge in [0.15, 0.2) is 0 Å². The molecule has 0 aliphatic carbocycles. The van der Waals surface area contributed by atoms with Crippen molar-refractivity contribution in [1.29, 1.82) is 0 Å². The van der Waals surface area contributed by atoms with Gasteiger partial charge in [0.25, 0.3) is 10.0 Å². The quantitative estimate of drug-likeness (QED) is 0.732. The second-order valence-corrected chi connectivity index (χ2v) is 7.10. The van der Waals surface area contributed by atoms with E-state index in [-0.39, 0.29) is 4.90 Å². The fourth-order valence-electron chi connectivity index (χ4n) is 2.50. The molecule has 2 aromatic carbocycles. The van der Waals surface area contributed by atoms with Gasteiger partial charge in [-0.15, -0.1) is 0 Å². The molecule has 6 heteroatoms. The highest BCUT2D eigenvalue weighted by molar-refractivity contribution is 7.90. The van der Waals surface area contributed by atoms with Crippen LogP contribution in [-0.4, -0.2) is 19.5 Å². The van der Waals surface area contributed by atoms with Crippen LogP contribution in [-0.2, 0) is 16.7 Å². The Kier molecular flexibility index (Phi) is 3.85. The summed E-state index contributed by atoms with van der Waals surface area (Å²) >= 11 is 0. The van der Waals surface area contributed by atoms with E-state index in [1.54, 1.807) is 42.5 Å². The van der Waals surface area contributed by atoms with E-state index in [1.165, 1.54) is 13.3 Å². The van der Waals surface area contributed by atoms with Gasteiger partial charge in [0.2, 0.25) is 0 Å². The molecule has 0 unspecified atom stereocenters. The van der Waals surface area contributed by atoms with Crippen LogP contribution in [0.5, 0.6) is 5.75 Å². The van der Waals surface area contributed by atoms with Crippen LogP contribution in [0, 0.1) is 6.92 Å². The van der Waals surface area contributed by atoms with Gasteiger partial charge in [-0.05, 0) is 37.3 Å². The lowest BCUT2D eigenvalue weighted by molar-refractivity contribution is 0.415. The van der Waals surface area contributed by atoms with Crippen molar-refractivity contribution in [3.8, 4) is 5.75 Å². The molecule has 1 aromatic heterocycles. The maximum atomic E-state index is 13.3. The summed E-state index contributed by atoms with van der Waals surface area (Å²) in [4.78, 5) is 0.168. The van der Waals surface area contributed by atoms with Gasteiger partial charge in [-0.1, -0.05) is 17.7 Å². The number of benzene rings is 2. The van der Waals surface area contributed by atoms with Crippen LogP contribution in [0.1, 0.15) is 11.1 Å². The third-order valence-corrected chi connectivity index (χ3v) is 5.47. The van der Waals surface area contributed by atoms with Gasteiger partial charge in [-0.2, -0.15) is 0 Å². The normalized spacial score (nSPS) is 11.8. The summed E-state index contributed by atoms with van der Waals surface area (Å²) in [5.74, 6) is 0.553. The maximum absolute atomic E-state index is 13.3. The molecule has 0 saturated carbocycles. The first kappa shape index (κ1) is 15.6. The standard InChI is InChI=1S/C17H16FNO3S/c1-12-3-6-15(7-4-12)23(20,21)19-11-13(10-18)16-9-14(22-2)5-8-17(16)19/h3-9,11H,10H2,1-2H3. The topological polar surface area (TPSA) is 48.3 Å². The van der Waals surface area contributed by atoms with E-state index in [1.807, 2.05) is 6.92 Å². The Labute approximate surface area is 134 Å². The molecule has 0 atom stereocenters. The van der Waals surface area contributed by atoms with Gasteiger partial charge in [0.1, 0.15) is 12.4 Å². The average molecular weight is 333 g/mol. The molecule has 3 aromatic rings. The van der Waals surface area contributed by atoms with Gasteiger partial charge >= 0.3 is 0 Å². The number of fused-ring (bicyclic) bond motifs is 1. The molecule has 0 spiro atoms. The predicted octanol–water partition coefficient (Wildman–Crippen LogP) is 3.66. The van der Waals surface area contributed by atoms with Crippen molar-refractivity contribution < 1.29 is 17.5 Å². The fraction of sp³-hybridized carbons (Fsp3) is 0.176. The zero-order valence-electron chi connectivity index (χ0n) is 12.8. The van der Waals surface area contributed by atoms with E-state index in [2.05, 4.69) is 0 Å². The van der Waals surface area contributed by atoms with E-state index in [0.717, 1.165) is 9.54 Å². The maximum Gasteiger partial charge on any atom is 0.268 e. The summed E-state index contributed by atoms with van der Waals surface area (Å²) in [5.41, 5.74) is 1.71. The third-order valence-electron chi connectivity index (χ3n) is 3.78. The van der Waals surface area contributed by atoms with Crippen LogP contribution in [0.2, 0.25) is 0 Å². The molecular weight excluding hydrogens is 317 g/mol. The number of nitrogens with zero attached hydrogens (tertiary/aromatic N) is 1. The summed E-state index contributed by atoms with van der Waals surface area (Å²) in [7, 11) is -2.27. The molecule has 0 bridgehead atoms. The highest BCUT2D eigenvalue weighted by Crippen LogP contribution is 2.29. The second kappa shape index (κ2) is 5.70. The zero-order chi connectivity index (χ0) is 16.6. The van der Waals surface area contributed by atoms with Gasteiger partial charge in [0.05, 0.1) is 17.5 Å². The van der Waals surface area contributed by atoms with E-state index in [9.17, 15) is 12.8 Å². The average Bonchev–Trinajstić information content (AvgIpc) is 2.93. The first-order valence-corrected chi connectivity index (χ1v) is 8.47. The number of ether oxygens (including phenoxy) is 1. The van der Waals surface area contributed by atoms with Gasteiger partial charge in [0, 0.05) is 17.1 Å². The predicted molar refractivity (Wildman–Crippen MR) is 87.1 cm³/mol. The number of hydrogen-bond acceptors (Lipinski definition) is 3. The molecule has 3 rings (SSSR count). The first-order valence-electron chi connectivity index (χ1n) is 7.03. The zero-order valence-corrected chi connectivity index (χ0v) is 13.6. The Morgan fingerprint density at radius 1 is 1.13 bits per heavy atom. The third kappa shape index (κ3) is 2.59.